The summed E-state index contributed by atoms with van der Waals surface area (Å²) in [5.74, 6) is 0. The monoisotopic (exact) mass is 260 g/mol. The second kappa shape index (κ2) is 4.57. The van der Waals surface area contributed by atoms with Crippen molar-refractivity contribution in [2.24, 2.45) is 0 Å². The van der Waals surface area contributed by atoms with Gasteiger partial charge in [-0.25, -0.2) is 9.50 Å². The molecule has 1 N–H and O–H groups in total. The molecular weight excluding hydrogens is 247 g/mol. The Hall–Kier alpha value is -0.840. The molecule has 2 aromatic rings. The van der Waals surface area contributed by atoms with E-state index in [-0.39, 0.29) is 24.8 Å². The van der Waals surface area contributed by atoms with Crippen molar-refractivity contribution in [3.05, 3.63) is 28.7 Å². The maximum atomic E-state index is 4.57. The molecule has 0 aliphatic carbocycles. The quantitative estimate of drug-likeness (QED) is 0.786. The van der Waals surface area contributed by atoms with Crippen LogP contribution in [0.15, 0.2) is 6.20 Å². The average molecular weight is 261 g/mol. The molecule has 1 aliphatic heterocycles. The van der Waals surface area contributed by atoms with Gasteiger partial charge in [0, 0.05) is 30.5 Å². The molecule has 0 atom stereocenters. The Kier molecular flexibility index (Phi) is 3.78. The third-order valence-corrected chi connectivity index (χ3v) is 2.82. The molecule has 3 heterocycles. The zero-order chi connectivity index (χ0) is 9.71. The van der Waals surface area contributed by atoms with Crippen LogP contribution in [0.3, 0.4) is 0 Å². The van der Waals surface area contributed by atoms with Gasteiger partial charge in [0.15, 0.2) is 5.65 Å². The molecule has 3 rings (SSSR count). The van der Waals surface area contributed by atoms with E-state index in [0.717, 1.165) is 30.1 Å². The molecule has 0 saturated carbocycles. The van der Waals surface area contributed by atoms with Crippen LogP contribution in [0, 0.1) is 13.8 Å². The molecule has 6 heteroatoms. The lowest BCUT2D eigenvalue weighted by molar-refractivity contribution is 0.731. The SMILES string of the molecule is Cc1cn2nc3c(c2nc1C)CNC3.Cl.Cl. The van der Waals surface area contributed by atoms with Crippen LogP contribution in [0.2, 0.25) is 0 Å². The first kappa shape index (κ1) is 13.2. The molecule has 0 fully saturated rings. The summed E-state index contributed by atoms with van der Waals surface area (Å²) < 4.78 is 1.90. The number of halogens is 2. The molecule has 0 bridgehead atoms. The van der Waals surface area contributed by atoms with Gasteiger partial charge in [0.25, 0.3) is 0 Å². The van der Waals surface area contributed by atoms with Crippen LogP contribution in [0.1, 0.15) is 22.5 Å². The Labute approximate surface area is 106 Å². The summed E-state index contributed by atoms with van der Waals surface area (Å²) in [6, 6.07) is 0. The fraction of sp³-hybridized carbons (Fsp3) is 0.400. The first-order valence-corrected chi connectivity index (χ1v) is 4.81. The van der Waals surface area contributed by atoms with Crippen LogP contribution in [0.5, 0.6) is 0 Å². The lowest BCUT2D eigenvalue weighted by Gasteiger charge is -2.01. The lowest BCUT2D eigenvalue weighted by atomic mass is 10.2. The predicted molar refractivity (Wildman–Crippen MR) is 67.5 cm³/mol. The zero-order valence-corrected chi connectivity index (χ0v) is 10.8. The van der Waals surface area contributed by atoms with Crippen LogP contribution in [0.4, 0.5) is 0 Å². The maximum absolute atomic E-state index is 4.57. The first-order valence-electron chi connectivity index (χ1n) is 4.81. The number of rotatable bonds is 0. The van der Waals surface area contributed by atoms with Gasteiger partial charge in [0.05, 0.1) is 5.69 Å². The van der Waals surface area contributed by atoms with Gasteiger partial charge in [-0.1, -0.05) is 0 Å². The Bertz CT molecular complexity index is 521. The number of nitrogens with zero attached hydrogens (tertiary/aromatic N) is 3. The van der Waals surface area contributed by atoms with E-state index in [9.17, 15) is 0 Å². The molecule has 4 nitrogen and oxygen atoms in total. The summed E-state index contributed by atoms with van der Waals surface area (Å²) in [5, 5.41) is 7.76. The molecule has 0 saturated heterocycles. The minimum absolute atomic E-state index is 0. The molecule has 0 spiro atoms. The van der Waals surface area contributed by atoms with Crippen LogP contribution < -0.4 is 5.32 Å². The molecular formula is C10H14Cl2N4. The van der Waals surface area contributed by atoms with E-state index in [2.05, 4.69) is 28.5 Å². The Morgan fingerprint density at radius 1 is 1.25 bits per heavy atom. The number of aryl methyl sites for hydroxylation is 2. The zero-order valence-electron chi connectivity index (χ0n) is 9.15. The van der Waals surface area contributed by atoms with Crippen molar-refractivity contribution in [1.82, 2.24) is 19.9 Å². The molecule has 88 valence electrons. The van der Waals surface area contributed by atoms with Gasteiger partial charge in [-0.15, -0.1) is 24.8 Å². The van der Waals surface area contributed by atoms with Gasteiger partial charge in [-0.3, -0.25) is 0 Å². The van der Waals surface area contributed by atoms with Gasteiger partial charge in [0.2, 0.25) is 0 Å². The Morgan fingerprint density at radius 2 is 2.00 bits per heavy atom. The minimum Gasteiger partial charge on any atom is -0.307 e. The van der Waals surface area contributed by atoms with Crippen molar-refractivity contribution in [2.75, 3.05) is 0 Å². The van der Waals surface area contributed by atoms with Crippen molar-refractivity contribution in [2.45, 2.75) is 26.9 Å². The summed E-state index contributed by atoms with van der Waals surface area (Å²) in [5.41, 5.74) is 5.68. The topological polar surface area (TPSA) is 42.2 Å². The normalized spacial score (nSPS) is 13.1. The van der Waals surface area contributed by atoms with Gasteiger partial charge in [-0.05, 0) is 19.4 Å². The van der Waals surface area contributed by atoms with Crippen LogP contribution in [-0.2, 0) is 13.1 Å². The van der Waals surface area contributed by atoms with Crippen LogP contribution in [0.25, 0.3) is 5.65 Å². The molecule has 0 aromatic carbocycles. The number of nitrogens with one attached hydrogen (secondary N) is 1. The first-order chi connectivity index (χ1) is 6.75. The fourth-order valence-corrected chi connectivity index (χ4v) is 1.87. The van der Waals surface area contributed by atoms with Gasteiger partial charge in [0.1, 0.15) is 0 Å². The number of hydrogen-bond acceptors (Lipinski definition) is 3. The number of aromatic nitrogens is 3. The van der Waals surface area contributed by atoms with Crippen LogP contribution >= 0.6 is 24.8 Å². The standard InChI is InChI=1S/C10H12N4.2ClH/c1-6-5-14-10(12-7(6)2)8-3-11-4-9(8)13-14;;/h5,11H,3-4H2,1-2H3;2*1H. The smallest absolute Gasteiger partial charge is 0.160 e. The third-order valence-electron chi connectivity index (χ3n) is 2.82. The molecule has 16 heavy (non-hydrogen) atoms. The van der Waals surface area contributed by atoms with E-state index >= 15 is 0 Å². The summed E-state index contributed by atoms with van der Waals surface area (Å²) in [7, 11) is 0. The van der Waals surface area contributed by atoms with Crippen molar-refractivity contribution < 1.29 is 0 Å². The van der Waals surface area contributed by atoms with Gasteiger partial charge < -0.3 is 5.32 Å². The second-order valence-corrected chi connectivity index (χ2v) is 3.81. The molecule has 0 radical (unpaired) electrons. The Balaban J connectivity index is 0.000000640. The minimum atomic E-state index is 0. The van der Waals surface area contributed by atoms with Gasteiger partial charge >= 0.3 is 0 Å². The number of fused-ring (bicyclic) bond motifs is 3. The summed E-state index contributed by atoms with van der Waals surface area (Å²) in [4.78, 5) is 4.57. The molecule has 2 aromatic heterocycles. The van der Waals surface area contributed by atoms with E-state index in [1.165, 1.54) is 11.1 Å². The largest absolute Gasteiger partial charge is 0.307 e. The van der Waals surface area contributed by atoms with Crippen molar-refractivity contribution in [1.29, 1.82) is 0 Å². The summed E-state index contributed by atoms with van der Waals surface area (Å²) in [6.45, 7) is 5.87. The van der Waals surface area contributed by atoms with Crippen molar-refractivity contribution in [3.63, 3.8) is 0 Å². The van der Waals surface area contributed by atoms with E-state index in [1.807, 2.05) is 11.4 Å². The summed E-state index contributed by atoms with van der Waals surface area (Å²) >= 11 is 0. The third kappa shape index (κ3) is 1.77. The second-order valence-electron chi connectivity index (χ2n) is 3.81. The fourth-order valence-electron chi connectivity index (χ4n) is 1.87. The van der Waals surface area contributed by atoms with Crippen molar-refractivity contribution in [3.8, 4) is 0 Å². The van der Waals surface area contributed by atoms with Crippen molar-refractivity contribution >= 4 is 30.5 Å². The van der Waals surface area contributed by atoms with E-state index < -0.39 is 0 Å². The molecule has 0 unspecified atom stereocenters. The lowest BCUT2D eigenvalue weighted by Crippen LogP contribution is -2.05. The summed E-state index contributed by atoms with van der Waals surface area (Å²) in [6.07, 6.45) is 2.05. The highest BCUT2D eigenvalue weighted by Gasteiger charge is 2.18. The molecule has 0 amide bonds. The van der Waals surface area contributed by atoms with Crippen LogP contribution in [-0.4, -0.2) is 14.6 Å². The Morgan fingerprint density at radius 3 is 2.75 bits per heavy atom. The van der Waals surface area contributed by atoms with Gasteiger partial charge in [-0.2, -0.15) is 5.10 Å². The predicted octanol–water partition coefficient (Wildman–Crippen LogP) is 1.79. The highest BCUT2D eigenvalue weighted by atomic mass is 35.5. The molecule has 1 aliphatic rings. The highest BCUT2D eigenvalue weighted by Crippen LogP contribution is 2.19. The van der Waals surface area contributed by atoms with E-state index in [1.54, 1.807) is 0 Å². The number of hydrogen-bond donors (Lipinski definition) is 1. The maximum Gasteiger partial charge on any atom is 0.160 e. The average Bonchev–Trinajstić information content (AvgIpc) is 2.68. The van der Waals surface area contributed by atoms with E-state index in [4.69, 9.17) is 0 Å². The van der Waals surface area contributed by atoms with E-state index in [0.29, 0.717) is 0 Å². The highest BCUT2D eigenvalue weighted by molar-refractivity contribution is 5.85.